The predicted molar refractivity (Wildman–Crippen MR) is 89.8 cm³/mol. The first kappa shape index (κ1) is 16.0. The van der Waals surface area contributed by atoms with Crippen LogP contribution in [0.4, 0.5) is 0 Å². The van der Waals surface area contributed by atoms with Crippen LogP contribution in [0.2, 0.25) is 0 Å². The molecule has 0 saturated carbocycles. The minimum absolute atomic E-state index is 0.482. The fraction of sp³-hybridized carbons (Fsp3) is 0.222. The Morgan fingerprint density at radius 3 is 2.46 bits per heavy atom. The minimum Gasteiger partial charge on any atom is -0.497 e. The second-order valence-corrected chi connectivity index (χ2v) is 5.18. The van der Waals surface area contributed by atoms with E-state index in [4.69, 9.17) is 13.9 Å². The number of hydrogen-bond acceptors (Lipinski definition) is 6. The van der Waals surface area contributed by atoms with E-state index in [0.717, 1.165) is 22.6 Å². The smallest absolute Gasteiger partial charge is 0.247 e. The Hall–Kier alpha value is -2.86. The molecule has 0 aliphatic carbocycles. The summed E-state index contributed by atoms with van der Waals surface area (Å²) in [5.41, 5.74) is 1.99. The van der Waals surface area contributed by atoms with Gasteiger partial charge in [-0.3, -0.25) is 0 Å². The molecule has 0 fully saturated rings. The molecule has 1 aromatic heterocycles. The van der Waals surface area contributed by atoms with E-state index in [0.29, 0.717) is 24.9 Å². The number of rotatable bonds is 7. The van der Waals surface area contributed by atoms with Crippen LogP contribution in [0.15, 0.2) is 52.9 Å². The van der Waals surface area contributed by atoms with Gasteiger partial charge in [0.05, 0.1) is 20.8 Å². The van der Waals surface area contributed by atoms with E-state index < -0.39 is 0 Å². The number of nitrogens with one attached hydrogen (secondary N) is 1. The number of ether oxygens (including phenoxy) is 2. The van der Waals surface area contributed by atoms with Crippen molar-refractivity contribution < 1.29 is 13.9 Å². The summed E-state index contributed by atoms with van der Waals surface area (Å²) in [5.74, 6) is 2.62. The summed E-state index contributed by atoms with van der Waals surface area (Å²) in [6.45, 7) is 1.21. The third-order valence-corrected chi connectivity index (χ3v) is 3.55. The van der Waals surface area contributed by atoms with Crippen LogP contribution in [-0.4, -0.2) is 24.4 Å². The van der Waals surface area contributed by atoms with Crippen LogP contribution in [0, 0.1) is 0 Å². The number of hydrogen-bond donors (Lipinski definition) is 1. The number of methoxy groups -OCH3 is 2. The van der Waals surface area contributed by atoms with E-state index in [1.807, 2.05) is 48.5 Å². The summed E-state index contributed by atoms with van der Waals surface area (Å²) in [7, 11) is 3.28. The van der Waals surface area contributed by atoms with Crippen LogP contribution in [0.3, 0.4) is 0 Å². The topological polar surface area (TPSA) is 69.4 Å². The molecule has 6 heteroatoms. The van der Waals surface area contributed by atoms with Gasteiger partial charge in [-0.05, 0) is 35.9 Å². The highest BCUT2D eigenvalue weighted by atomic mass is 16.5. The van der Waals surface area contributed by atoms with Crippen molar-refractivity contribution in [3.63, 3.8) is 0 Å². The summed E-state index contributed by atoms with van der Waals surface area (Å²) in [4.78, 5) is 0. The van der Waals surface area contributed by atoms with E-state index in [9.17, 15) is 0 Å². The number of benzene rings is 2. The fourth-order valence-electron chi connectivity index (χ4n) is 2.25. The van der Waals surface area contributed by atoms with Gasteiger partial charge in [-0.2, -0.15) is 0 Å². The minimum atomic E-state index is 0.482. The van der Waals surface area contributed by atoms with Crippen molar-refractivity contribution in [2.45, 2.75) is 13.1 Å². The van der Waals surface area contributed by atoms with E-state index in [1.165, 1.54) is 0 Å². The zero-order valence-electron chi connectivity index (χ0n) is 13.7. The molecule has 1 N–H and O–H groups in total. The molecule has 24 heavy (non-hydrogen) atoms. The third-order valence-electron chi connectivity index (χ3n) is 3.55. The van der Waals surface area contributed by atoms with Gasteiger partial charge in [-0.1, -0.05) is 18.2 Å². The average molecular weight is 325 g/mol. The first-order valence-corrected chi connectivity index (χ1v) is 7.59. The highest BCUT2D eigenvalue weighted by molar-refractivity contribution is 5.55. The molecule has 0 unspecified atom stereocenters. The molecule has 0 aliphatic rings. The largest absolute Gasteiger partial charge is 0.497 e. The molecule has 2 aromatic carbocycles. The summed E-state index contributed by atoms with van der Waals surface area (Å²) in [6.07, 6.45) is 0. The van der Waals surface area contributed by atoms with E-state index >= 15 is 0 Å². The van der Waals surface area contributed by atoms with Gasteiger partial charge in [0.1, 0.15) is 11.5 Å². The molecule has 0 atom stereocenters. The maximum Gasteiger partial charge on any atom is 0.247 e. The van der Waals surface area contributed by atoms with Crippen LogP contribution in [0.25, 0.3) is 11.5 Å². The highest BCUT2D eigenvalue weighted by Gasteiger charge is 2.09. The first-order valence-electron chi connectivity index (χ1n) is 7.59. The van der Waals surface area contributed by atoms with Crippen molar-refractivity contribution >= 4 is 0 Å². The molecule has 0 bridgehead atoms. The number of aromatic nitrogens is 2. The quantitative estimate of drug-likeness (QED) is 0.720. The van der Waals surface area contributed by atoms with E-state index in [-0.39, 0.29) is 0 Å². The molecule has 124 valence electrons. The standard InChI is InChI=1S/C18H19N3O3/c1-22-15-8-6-13(7-9-15)11-19-12-17-20-21-18(24-17)14-4-3-5-16(10-14)23-2/h3-10,19H,11-12H2,1-2H3. The molecule has 0 radical (unpaired) electrons. The van der Waals surface area contributed by atoms with Gasteiger partial charge in [-0.15, -0.1) is 10.2 Å². The van der Waals surface area contributed by atoms with Crippen molar-refractivity contribution in [3.8, 4) is 23.0 Å². The third kappa shape index (κ3) is 3.91. The molecule has 0 amide bonds. The lowest BCUT2D eigenvalue weighted by molar-refractivity contribution is 0.414. The second-order valence-electron chi connectivity index (χ2n) is 5.18. The molecule has 3 rings (SSSR count). The maximum absolute atomic E-state index is 5.68. The van der Waals surface area contributed by atoms with Crippen LogP contribution >= 0.6 is 0 Å². The maximum atomic E-state index is 5.68. The molecule has 3 aromatic rings. The monoisotopic (exact) mass is 325 g/mol. The van der Waals surface area contributed by atoms with Crippen molar-refractivity contribution in [2.75, 3.05) is 14.2 Å². The highest BCUT2D eigenvalue weighted by Crippen LogP contribution is 2.22. The molecule has 0 saturated heterocycles. The van der Waals surface area contributed by atoms with E-state index in [1.54, 1.807) is 14.2 Å². The van der Waals surface area contributed by atoms with Crippen LogP contribution in [0.1, 0.15) is 11.5 Å². The molecule has 0 spiro atoms. The normalized spacial score (nSPS) is 10.6. The SMILES string of the molecule is COc1ccc(CNCc2nnc(-c3cccc(OC)c3)o2)cc1. The summed E-state index contributed by atoms with van der Waals surface area (Å²) in [5, 5.41) is 11.4. The first-order chi connectivity index (χ1) is 11.8. The molecule has 6 nitrogen and oxygen atoms in total. The summed E-state index contributed by atoms with van der Waals surface area (Å²) in [6, 6.07) is 15.4. The van der Waals surface area contributed by atoms with Crippen molar-refractivity contribution in [2.24, 2.45) is 0 Å². The van der Waals surface area contributed by atoms with Crippen LogP contribution < -0.4 is 14.8 Å². The Kier molecular flexibility index (Phi) is 5.08. The van der Waals surface area contributed by atoms with Crippen molar-refractivity contribution in [1.82, 2.24) is 15.5 Å². The summed E-state index contributed by atoms with van der Waals surface area (Å²) >= 11 is 0. The Morgan fingerprint density at radius 1 is 0.917 bits per heavy atom. The van der Waals surface area contributed by atoms with Gasteiger partial charge in [0, 0.05) is 12.1 Å². The van der Waals surface area contributed by atoms with Crippen LogP contribution in [0.5, 0.6) is 11.5 Å². The van der Waals surface area contributed by atoms with Gasteiger partial charge in [0.15, 0.2) is 0 Å². The summed E-state index contributed by atoms with van der Waals surface area (Å²) < 4.78 is 16.0. The molecule has 1 heterocycles. The van der Waals surface area contributed by atoms with Gasteiger partial charge in [0.2, 0.25) is 11.8 Å². The molecular formula is C18H19N3O3. The van der Waals surface area contributed by atoms with Gasteiger partial charge >= 0.3 is 0 Å². The lowest BCUT2D eigenvalue weighted by Gasteiger charge is -2.04. The molecular weight excluding hydrogens is 306 g/mol. The Bertz CT molecular complexity index is 784. The number of nitrogens with zero attached hydrogens (tertiary/aromatic N) is 2. The van der Waals surface area contributed by atoms with Crippen LogP contribution in [-0.2, 0) is 13.1 Å². The van der Waals surface area contributed by atoms with Gasteiger partial charge in [0.25, 0.3) is 0 Å². The predicted octanol–water partition coefficient (Wildman–Crippen LogP) is 3.04. The van der Waals surface area contributed by atoms with Gasteiger partial charge < -0.3 is 19.2 Å². The zero-order valence-corrected chi connectivity index (χ0v) is 13.7. The fourth-order valence-corrected chi connectivity index (χ4v) is 2.25. The Labute approximate surface area is 140 Å². The van der Waals surface area contributed by atoms with Crippen molar-refractivity contribution in [1.29, 1.82) is 0 Å². The Balaban J connectivity index is 1.57. The zero-order chi connectivity index (χ0) is 16.8. The lowest BCUT2D eigenvalue weighted by Crippen LogP contribution is -2.12. The average Bonchev–Trinajstić information content (AvgIpc) is 3.11. The molecule has 0 aliphatic heterocycles. The van der Waals surface area contributed by atoms with Gasteiger partial charge in [-0.25, -0.2) is 0 Å². The second kappa shape index (κ2) is 7.61. The van der Waals surface area contributed by atoms with E-state index in [2.05, 4.69) is 15.5 Å². The Morgan fingerprint density at radius 2 is 1.71 bits per heavy atom. The lowest BCUT2D eigenvalue weighted by atomic mass is 10.2. The van der Waals surface area contributed by atoms with Crippen molar-refractivity contribution in [3.05, 3.63) is 60.0 Å².